The van der Waals surface area contributed by atoms with E-state index in [0.717, 1.165) is 60.7 Å². The van der Waals surface area contributed by atoms with Gasteiger partial charge in [-0.25, -0.2) is 14.8 Å². The fraction of sp³-hybridized carbons (Fsp3) is 0.348. The number of amides is 1. The molecular weight excluding hydrogens is 697 g/mol. The van der Waals surface area contributed by atoms with Gasteiger partial charge in [0.1, 0.15) is 17.2 Å². The molecule has 2 aliphatic rings. The lowest BCUT2D eigenvalue weighted by atomic mass is 10.1. The van der Waals surface area contributed by atoms with E-state index < -0.39 is 5.60 Å². The fourth-order valence-electron chi connectivity index (χ4n) is 7.13. The van der Waals surface area contributed by atoms with Crippen LogP contribution in [-0.2, 0) is 17.8 Å². The van der Waals surface area contributed by atoms with E-state index in [1.165, 1.54) is 41.5 Å². The first-order chi connectivity index (χ1) is 27.3. The largest absolute Gasteiger partial charge is 0.444 e. The van der Waals surface area contributed by atoms with Gasteiger partial charge in [0.25, 0.3) is 0 Å². The summed E-state index contributed by atoms with van der Waals surface area (Å²) in [4.78, 5) is 33.5. The molecule has 8 rings (SSSR count). The predicted octanol–water partition coefficient (Wildman–Crippen LogP) is 9.53. The molecule has 2 saturated heterocycles. The summed E-state index contributed by atoms with van der Waals surface area (Å²) < 4.78 is 5.55. The van der Waals surface area contributed by atoms with Crippen molar-refractivity contribution in [1.82, 2.24) is 19.9 Å². The van der Waals surface area contributed by atoms with Crippen LogP contribution in [0.5, 0.6) is 0 Å². The molecule has 10 nitrogen and oxygen atoms in total. The van der Waals surface area contributed by atoms with Gasteiger partial charge in [0.2, 0.25) is 5.95 Å². The Balaban J connectivity index is 0.000000178. The second kappa shape index (κ2) is 18.2. The molecule has 0 spiro atoms. The van der Waals surface area contributed by atoms with Crippen molar-refractivity contribution in [2.45, 2.75) is 65.1 Å². The number of pyridine rings is 1. The molecule has 10 heteroatoms. The number of para-hydroxylation sites is 2. The smallest absolute Gasteiger partial charge is 0.410 e. The fourth-order valence-corrected chi connectivity index (χ4v) is 7.13. The highest BCUT2D eigenvalue weighted by molar-refractivity contribution is 5.93. The van der Waals surface area contributed by atoms with Crippen molar-refractivity contribution in [2.75, 3.05) is 59.7 Å². The van der Waals surface area contributed by atoms with Crippen LogP contribution < -0.4 is 20.4 Å². The number of aromatic nitrogens is 3. The second-order valence-corrected chi connectivity index (χ2v) is 15.5. The van der Waals surface area contributed by atoms with Crippen molar-refractivity contribution in [3.8, 4) is 0 Å². The standard InChI is InChI=1S/C25H31N5O2.C21H23N3/c1-25(2,3)32-24(31)30-15-9-14-29(16-17-30)23-27-21-13-8-7-12-20(21)22(28-23)26-18-19-10-5-4-6-11-19;1-3-9-17(10-4-1)16-22-20-15-21(24-13-7-2-8-14-24)23-19-12-6-5-11-18(19)20/h4-8,10-13H,9,14-18H2,1-3H3,(H,26,27,28);1,3-6,9-12,15H,2,7-8,13-14,16H2,(H,22,23). The molecule has 2 aromatic heterocycles. The molecular formula is C46H54N8O2. The average molecular weight is 751 g/mol. The molecule has 2 fully saturated rings. The average Bonchev–Trinajstić information content (AvgIpc) is 3.49. The van der Waals surface area contributed by atoms with Crippen molar-refractivity contribution >= 4 is 51.2 Å². The van der Waals surface area contributed by atoms with Crippen LogP contribution in [-0.4, -0.2) is 70.8 Å². The van der Waals surface area contributed by atoms with Gasteiger partial charge >= 0.3 is 6.09 Å². The third kappa shape index (κ3) is 10.2. The van der Waals surface area contributed by atoms with Gasteiger partial charge in [-0.2, -0.15) is 4.98 Å². The summed E-state index contributed by atoms with van der Waals surface area (Å²) in [5, 5.41) is 9.29. The second-order valence-electron chi connectivity index (χ2n) is 15.5. The van der Waals surface area contributed by atoms with Crippen LogP contribution in [0.3, 0.4) is 0 Å². The number of fused-ring (bicyclic) bond motifs is 2. The Kier molecular flexibility index (Phi) is 12.4. The molecule has 4 aromatic carbocycles. The van der Waals surface area contributed by atoms with Crippen LogP contribution in [0.1, 0.15) is 57.6 Å². The van der Waals surface area contributed by atoms with Crippen LogP contribution in [0, 0.1) is 0 Å². The molecule has 0 atom stereocenters. The number of rotatable bonds is 8. The number of hydrogen-bond donors (Lipinski definition) is 2. The van der Waals surface area contributed by atoms with Crippen LogP contribution in [0.2, 0.25) is 0 Å². The number of piperidine rings is 1. The van der Waals surface area contributed by atoms with Gasteiger partial charge in [0.15, 0.2) is 0 Å². The Morgan fingerprint density at radius 1 is 0.607 bits per heavy atom. The van der Waals surface area contributed by atoms with Crippen molar-refractivity contribution in [1.29, 1.82) is 0 Å². The molecule has 0 saturated carbocycles. The van der Waals surface area contributed by atoms with E-state index >= 15 is 0 Å². The zero-order chi connectivity index (χ0) is 38.7. The first-order valence-electron chi connectivity index (χ1n) is 20.0. The summed E-state index contributed by atoms with van der Waals surface area (Å²) in [6.45, 7) is 12.1. The van der Waals surface area contributed by atoms with Crippen LogP contribution >= 0.6 is 0 Å². The first-order valence-corrected chi connectivity index (χ1v) is 20.0. The molecule has 0 unspecified atom stereocenters. The van der Waals surface area contributed by atoms with E-state index in [4.69, 9.17) is 19.7 Å². The topological polar surface area (TPSA) is 98.8 Å². The Bertz CT molecular complexity index is 2190. The molecule has 0 radical (unpaired) electrons. The maximum atomic E-state index is 12.5. The Morgan fingerprint density at radius 3 is 1.88 bits per heavy atom. The molecule has 6 aromatic rings. The molecule has 290 valence electrons. The molecule has 2 N–H and O–H groups in total. The SMILES string of the molecule is CC(C)(C)OC(=O)N1CCCN(c2nc(NCc3ccccc3)c3ccccc3n2)CC1.c1ccc(CNc2cc(N3CCCCC3)nc3ccccc23)cc1. The highest BCUT2D eigenvalue weighted by Gasteiger charge is 2.26. The number of anilines is 4. The third-order valence-electron chi connectivity index (χ3n) is 10.0. The summed E-state index contributed by atoms with van der Waals surface area (Å²) in [5.74, 6) is 2.61. The first kappa shape index (κ1) is 38.4. The summed E-state index contributed by atoms with van der Waals surface area (Å²) in [7, 11) is 0. The lowest BCUT2D eigenvalue weighted by Crippen LogP contribution is -2.39. The maximum Gasteiger partial charge on any atom is 0.410 e. The molecule has 2 aliphatic heterocycles. The van der Waals surface area contributed by atoms with Gasteiger partial charge in [-0.1, -0.05) is 91.0 Å². The van der Waals surface area contributed by atoms with E-state index in [2.05, 4.69) is 93.2 Å². The van der Waals surface area contributed by atoms with E-state index in [1.54, 1.807) is 4.90 Å². The van der Waals surface area contributed by atoms with E-state index in [-0.39, 0.29) is 6.09 Å². The number of carbonyl (C=O) groups is 1. The van der Waals surface area contributed by atoms with Gasteiger partial charge in [-0.3, -0.25) is 0 Å². The van der Waals surface area contributed by atoms with Gasteiger partial charge in [-0.15, -0.1) is 0 Å². The number of hydrogen-bond acceptors (Lipinski definition) is 9. The Hall–Kier alpha value is -5.90. The summed E-state index contributed by atoms with van der Waals surface area (Å²) in [6, 6.07) is 39.5. The summed E-state index contributed by atoms with van der Waals surface area (Å²) in [5.41, 5.74) is 5.13. The van der Waals surface area contributed by atoms with Crippen molar-refractivity contribution < 1.29 is 9.53 Å². The summed E-state index contributed by atoms with van der Waals surface area (Å²) >= 11 is 0. The van der Waals surface area contributed by atoms with E-state index in [0.29, 0.717) is 32.1 Å². The van der Waals surface area contributed by atoms with Crippen LogP contribution in [0.4, 0.5) is 28.1 Å². The maximum absolute atomic E-state index is 12.5. The molecule has 56 heavy (non-hydrogen) atoms. The normalized spacial score (nSPS) is 14.8. The predicted molar refractivity (Wildman–Crippen MR) is 230 cm³/mol. The van der Waals surface area contributed by atoms with Crippen LogP contribution in [0.25, 0.3) is 21.8 Å². The lowest BCUT2D eigenvalue weighted by molar-refractivity contribution is 0.0263. The molecule has 4 heterocycles. The number of ether oxygens (including phenoxy) is 1. The molecule has 0 aliphatic carbocycles. The molecule has 1 amide bonds. The highest BCUT2D eigenvalue weighted by atomic mass is 16.6. The summed E-state index contributed by atoms with van der Waals surface area (Å²) in [6.07, 6.45) is 4.44. The quantitative estimate of drug-likeness (QED) is 0.158. The number of nitrogens with one attached hydrogen (secondary N) is 2. The van der Waals surface area contributed by atoms with Gasteiger partial charge in [-0.05, 0) is 75.8 Å². The number of benzene rings is 4. The van der Waals surface area contributed by atoms with Crippen molar-refractivity contribution in [2.24, 2.45) is 0 Å². The van der Waals surface area contributed by atoms with E-state index in [9.17, 15) is 4.79 Å². The zero-order valence-electron chi connectivity index (χ0n) is 33.0. The minimum Gasteiger partial charge on any atom is -0.444 e. The Labute approximate surface area is 330 Å². The van der Waals surface area contributed by atoms with Gasteiger partial charge in [0.05, 0.1) is 11.0 Å². The number of carbonyl (C=O) groups excluding carboxylic acids is 1. The van der Waals surface area contributed by atoms with Crippen molar-refractivity contribution in [3.05, 3.63) is 126 Å². The minimum absolute atomic E-state index is 0.260. The lowest BCUT2D eigenvalue weighted by Gasteiger charge is -2.28. The van der Waals surface area contributed by atoms with E-state index in [1.807, 2.05) is 63.2 Å². The van der Waals surface area contributed by atoms with Gasteiger partial charge < -0.3 is 30.1 Å². The Morgan fingerprint density at radius 2 is 1.20 bits per heavy atom. The third-order valence-corrected chi connectivity index (χ3v) is 10.0. The minimum atomic E-state index is -0.496. The monoisotopic (exact) mass is 750 g/mol. The van der Waals surface area contributed by atoms with Crippen molar-refractivity contribution in [3.63, 3.8) is 0 Å². The van der Waals surface area contributed by atoms with Crippen LogP contribution in [0.15, 0.2) is 115 Å². The van der Waals surface area contributed by atoms with Gasteiger partial charge in [0, 0.05) is 74.9 Å². The molecule has 0 bridgehead atoms. The number of nitrogens with zero attached hydrogens (tertiary/aromatic N) is 6. The zero-order valence-corrected chi connectivity index (χ0v) is 33.0. The highest BCUT2D eigenvalue weighted by Crippen LogP contribution is 2.29.